The summed E-state index contributed by atoms with van der Waals surface area (Å²) < 4.78 is 0. The second-order valence-corrected chi connectivity index (χ2v) is 6.83. The summed E-state index contributed by atoms with van der Waals surface area (Å²) in [6.45, 7) is 14.2. The second-order valence-electron chi connectivity index (χ2n) is 6.83. The fourth-order valence-electron chi connectivity index (χ4n) is 2.18. The third-order valence-corrected chi connectivity index (χ3v) is 4.31. The summed E-state index contributed by atoms with van der Waals surface area (Å²) in [5, 5.41) is 13.1. The number of aliphatic hydroxyl groups is 1. The molecule has 114 valence electrons. The number of benzene rings is 1. The van der Waals surface area contributed by atoms with E-state index in [1.165, 1.54) is 16.8 Å². The predicted molar refractivity (Wildman–Crippen MR) is 88.6 cm³/mol. The Morgan fingerprint density at radius 2 is 1.80 bits per heavy atom. The third-order valence-electron chi connectivity index (χ3n) is 4.31. The van der Waals surface area contributed by atoms with Crippen LogP contribution < -0.4 is 5.32 Å². The molecule has 0 aliphatic heterocycles. The number of aliphatic hydroxyl groups excluding tert-OH is 1. The van der Waals surface area contributed by atoms with Crippen molar-refractivity contribution in [2.45, 2.75) is 59.8 Å². The van der Waals surface area contributed by atoms with Gasteiger partial charge in [-0.05, 0) is 35.4 Å². The highest BCUT2D eigenvalue weighted by Crippen LogP contribution is 2.30. The zero-order chi connectivity index (χ0) is 15.3. The SMILES string of the molecule is CCC(C)(CO)CNc1ccc(C(C)C)cc1C(C)C. The molecule has 2 nitrogen and oxygen atoms in total. The van der Waals surface area contributed by atoms with Crippen LogP contribution in [0.25, 0.3) is 0 Å². The summed E-state index contributed by atoms with van der Waals surface area (Å²) in [6.07, 6.45) is 0.970. The molecule has 0 saturated heterocycles. The maximum atomic E-state index is 9.52. The minimum absolute atomic E-state index is 0.0506. The molecule has 1 unspecified atom stereocenters. The topological polar surface area (TPSA) is 32.3 Å². The van der Waals surface area contributed by atoms with Crippen molar-refractivity contribution < 1.29 is 5.11 Å². The van der Waals surface area contributed by atoms with Crippen molar-refractivity contribution in [3.8, 4) is 0 Å². The lowest BCUT2D eigenvalue weighted by molar-refractivity contribution is 0.149. The van der Waals surface area contributed by atoms with Crippen molar-refractivity contribution in [3.05, 3.63) is 29.3 Å². The number of nitrogens with one attached hydrogen (secondary N) is 1. The van der Waals surface area contributed by atoms with Crippen LogP contribution in [-0.4, -0.2) is 18.3 Å². The highest BCUT2D eigenvalue weighted by molar-refractivity contribution is 5.54. The molecule has 0 aromatic heterocycles. The van der Waals surface area contributed by atoms with E-state index < -0.39 is 0 Å². The average Bonchev–Trinajstić information content (AvgIpc) is 2.44. The molecule has 1 rings (SSSR count). The molecule has 1 aromatic carbocycles. The largest absolute Gasteiger partial charge is 0.396 e. The number of hydrogen-bond acceptors (Lipinski definition) is 2. The molecular formula is C18H31NO. The summed E-state index contributed by atoms with van der Waals surface area (Å²) in [5.41, 5.74) is 3.91. The smallest absolute Gasteiger partial charge is 0.0501 e. The van der Waals surface area contributed by atoms with Gasteiger partial charge >= 0.3 is 0 Å². The van der Waals surface area contributed by atoms with E-state index in [9.17, 15) is 5.11 Å². The first kappa shape index (κ1) is 17.0. The molecule has 0 fully saturated rings. The average molecular weight is 277 g/mol. The maximum Gasteiger partial charge on any atom is 0.0501 e. The van der Waals surface area contributed by atoms with Crippen molar-refractivity contribution >= 4 is 5.69 Å². The Morgan fingerprint density at radius 1 is 1.15 bits per heavy atom. The quantitative estimate of drug-likeness (QED) is 0.753. The Labute approximate surface area is 124 Å². The van der Waals surface area contributed by atoms with Gasteiger partial charge in [-0.1, -0.05) is 53.7 Å². The predicted octanol–water partition coefficient (Wildman–Crippen LogP) is 4.75. The molecule has 2 heteroatoms. The van der Waals surface area contributed by atoms with Crippen LogP contribution in [0.15, 0.2) is 18.2 Å². The van der Waals surface area contributed by atoms with Crippen molar-refractivity contribution in [1.82, 2.24) is 0 Å². The second kappa shape index (κ2) is 7.12. The van der Waals surface area contributed by atoms with Crippen molar-refractivity contribution in [3.63, 3.8) is 0 Å². The Hall–Kier alpha value is -1.02. The highest BCUT2D eigenvalue weighted by Gasteiger charge is 2.21. The summed E-state index contributed by atoms with van der Waals surface area (Å²) in [4.78, 5) is 0. The minimum atomic E-state index is -0.0506. The lowest BCUT2D eigenvalue weighted by Gasteiger charge is -2.28. The van der Waals surface area contributed by atoms with E-state index in [2.05, 4.69) is 65.1 Å². The van der Waals surface area contributed by atoms with Gasteiger partial charge < -0.3 is 10.4 Å². The molecule has 0 bridgehead atoms. The third kappa shape index (κ3) is 4.24. The molecule has 0 heterocycles. The molecule has 1 aromatic rings. The lowest BCUT2D eigenvalue weighted by atomic mass is 9.88. The summed E-state index contributed by atoms with van der Waals surface area (Å²) in [5.74, 6) is 1.05. The van der Waals surface area contributed by atoms with Gasteiger partial charge in [0.1, 0.15) is 0 Å². The monoisotopic (exact) mass is 277 g/mol. The van der Waals surface area contributed by atoms with E-state index in [0.717, 1.165) is 13.0 Å². The molecule has 2 N–H and O–H groups in total. The van der Waals surface area contributed by atoms with Gasteiger partial charge in [0.15, 0.2) is 0 Å². The van der Waals surface area contributed by atoms with Crippen LogP contribution in [0.1, 0.15) is 70.9 Å². The molecule has 0 saturated carbocycles. The fraction of sp³-hybridized carbons (Fsp3) is 0.667. The Kier molecular flexibility index (Phi) is 6.07. The van der Waals surface area contributed by atoms with E-state index in [1.54, 1.807) is 0 Å². The molecule has 0 aliphatic rings. The lowest BCUT2D eigenvalue weighted by Crippen LogP contribution is -2.29. The van der Waals surface area contributed by atoms with Gasteiger partial charge in [-0.2, -0.15) is 0 Å². The zero-order valence-electron chi connectivity index (χ0n) is 14.0. The maximum absolute atomic E-state index is 9.52. The molecule has 20 heavy (non-hydrogen) atoms. The standard InChI is InChI=1S/C18H31NO/c1-7-18(6,12-20)11-19-17-9-8-15(13(2)3)10-16(17)14(4)5/h8-10,13-14,19-20H,7,11-12H2,1-6H3. The Bertz CT molecular complexity index is 419. The van der Waals surface area contributed by atoms with Crippen molar-refractivity contribution in [2.24, 2.45) is 5.41 Å². The van der Waals surface area contributed by atoms with Crippen molar-refractivity contribution in [2.75, 3.05) is 18.5 Å². The van der Waals surface area contributed by atoms with Crippen molar-refractivity contribution in [1.29, 1.82) is 0 Å². The van der Waals surface area contributed by atoms with Gasteiger partial charge in [-0.3, -0.25) is 0 Å². The van der Waals surface area contributed by atoms with Crippen LogP contribution in [0.5, 0.6) is 0 Å². The molecule has 0 spiro atoms. The van der Waals surface area contributed by atoms with Crippen LogP contribution in [0, 0.1) is 5.41 Å². The molecule has 0 radical (unpaired) electrons. The van der Waals surface area contributed by atoms with Crippen LogP contribution in [0.4, 0.5) is 5.69 Å². The van der Waals surface area contributed by atoms with Gasteiger partial charge in [-0.15, -0.1) is 0 Å². The van der Waals surface area contributed by atoms with Gasteiger partial charge in [0, 0.05) is 17.6 Å². The van der Waals surface area contributed by atoms with Gasteiger partial charge in [-0.25, -0.2) is 0 Å². The summed E-state index contributed by atoms with van der Waals surface area (Å²) in [6, 6.07) is 6.72. The van der Waals surface area contributed by atoms with Gasteiger partial charge in [0.25, 0.3) is 0 Å². The fourth-order valence-corrected chi connectivity index (χ4v) is 2.18. The first-order valence-electron chi connectivity index (χ1n) is 7.81. The van der Waals surface area contributed by atoms with Gasteiger partial charge in [0.05, 0.1) is 6.61 Å². The van der Waals surface area contributed by atoms with E-state index in [-0.39, 0.29) is 12.0 Å². The first-order chi connectivity index (χ1) is 9.33. The van der Waals surface area contributed by atoms with Crippen LogP contribution in [-0.2, 0) is 0 Å². The molecule has 0 amide bonds. The van der Waals surface area contributed by atoms with E-state index in [0.29, 0.717) is 11.8 Å². The summed E-state index contributed by atoms with van der Waals surface area (Å²) in [7, 11) is 0. The minimum Gasteiger partial charge on any atom is -0.396 e. The highest BCUT2D eigenvalue weighted by atomic mass is 16.3. The van der Waals surface area contributed by atoms with E-state index in [4.69, 9.17) is 0 Å². The zero-order valence-corrected chi connectivity index (χ0v) is 14.0. The first-order valence-corrected chi connectivity index (χ1v) is 7.81. The van der Waals surface area contributed by atoms with Crippen LogP contribution >= 0.6 is 0 Å². The Morgan fingerprint density at radius 3 is 2.25 bits per heavy atom. The van der Waals surface area contributed by atoms with E-state index in [1.807, 2.05) is 0 Å². The van der Waals surface area contributed by atoms with Crippen LogP contribution in [0.2, 0.25) is 0 Å². The normalized spacial score (nSPS) is 14.7. The Balaban J connectivity index is 2.95. The molecular weight excluding hydrogens is 246 g/mol. The molecule has 0 aliphatic carbocycles. The van der Waals surface area contributed by atoms with Gasteiger partial charge in [0.2, 0.25) is 0 Å². The van der Waals surface area contributed by atoms with Crippen LogP contribution in [0.3, 0.4) is 0 Å². The molecule has 1 atom stereocenters. The number of anilines is 1. The van der Waals surface area contributed by atoms with E-state index >= 15 is 0 Å². The number of rotatable bonds is 7. The summed E-state index contributed by atoms with van der Waals surface area (Å²) >= 11 is 0. The number of hydrogen-bond donors (Lipinski definition) is 2.